The van der Waals surface area contributed by atoms with Gasteiger partial charge in [0.1, 0.15) is 23.9 Å². The van der Waals surface area contributed by atoms with Gasteiger partial charge in [0.05, 0.1) is 20.6 Å². The zero-order valence-corrected chi connectivity index (χ0v) is 16.0. The summed E-state index contributed by atoms with van der Waals surface area (Å²) in [6, 6.07) is 22.7. The fraction of sp³-hybridized carbons (Fsp3) is 0.174. The van der Waals surface area contributed by atoms with Crippen molar-refractivity contribution in [2.45, 2.75) is 13.0 Å². The molecule has 0 heterocycles. The van der Waals surface area contributed by atoms with E-state index in [9.17, 15) is 4.79 Å². The van der Waals surface area contributed by atoms with Gasteiger partial charge >= 0.3 is 0 Å². The average molecular weight is 377 g/mol. The molecule has 3 aromatic rings. The van der Waals surface area contributed by atoms with E-state index < -0.39 is 0 Å². The molecule has 0 aromatic heterocycles. The standard InChI is InChI=1S/C23H23NO4/c1-26-21-12-13-22(27-2)18(14-21)15-23(25)24-19-8-10-20(11-9-19)28-16-17-6-4-3-5-7-17/h3-14H,15-16H2,1-2H3,(H,24,25). The van der Waals surface area contributed by atoms with Crippen LogP contribution in [0.25, 0.3) is 0 Å². The molecular formula is C23H23NO4. The maximum Gasteiger partial charge on any atom is 0.228 e. The Morgan fingerprint density at radius 2 is 1.57 bits per heavy atom. The Balaban J connectivity index is 1.57. The Morgan fingerprint density at radius 1 is 0.857 bits per heavy atom. The highest BCUT2D eigenvalue weighted by atomic mass is 16.5. The number of rotatable bonds is 8. The van der Waals surface area contributed by atoms with Gasteiger partial charge in [0.25, 0.3) is 0 Å². The van der Waals surface area contributed by atoms with Gasteiger partial charge in [-0.25, -0.2) is 0 Å². The van der Waals surface area contributed by atoms with Crippen LogP contribution in [0.4, 0.5) is 5.69 Å². The Morgan fingerprint density at radius 3 is 2.25 bits per heavy atom. The summed E-state index contributed by atoms with van der Waals surface area (Å²) in [6.45, 7) is 0.502. The van der Waals surface area contributed by atoms with Crippen molar-refractivity contribution in [3.05, 3.63) is 83.9 Å². The monoisotopic (exact) mass is 377 g/mol. The first-order valence-corrected chi connectivity index (χ1v) is 8.95. The number of hydrogen-bond donors (Lipinski definition) is 1. The summed E-state index contributed by atoms with van der Waals surface area (Å²) in [5, 5.41) is 2.89. The smallest absolute Gasteiger partial charge is 0.228 e. The summed E-state index contributed by atoms with van der Waals surface area (Å²) < 4.78 is 16.3. The first kappa shape index (κ1) is 19.3. The van der Waals surface area contributed by atoms with Crippen LogP contribution < -0.4 is 19.5 Å². The Labute approximate surface area is 164 Å². The van der Waals surface area contributed by atoms with Crippen molar-refractivity contribution in [2.24, 2.45) is 0 Å². The maximum absolute atomic E-state index is 12.4. The minimum atomic E-state index is -0.135. The Kier molecular flexibility index (Phi) is 6.52. The fourth-order valence-corrected chi connectivity index (χ4v) is 2.77. The predicted octanol–water partition coefficient (Wildman–Crippen LogP) is 4.46. The van der Waals surface area contributed by atoms with Gasteiger partial charge in [-0.2, -0.15) is 0 Å². The van der Waals surface area contributed by atoms with E-state index in [1.165, 1.54) is 0 Å². The van der Waals surface area contributed by atoms with E-state index in [0.717, 1.165) is 16.9 Å². The molecule has 5 nitrogen and oxygen atoms in total. The molecular weight excluding hydrogens is 354 g/mol. The van der Waals surface area contributed by atoms with Crippen molar-refractivity contribution < 1.29 is 19.0 Å². The molecule has 3 aromatic carbocycles. The third-order valence-corrected chi connectivity index (χ3v) is 4.22. The average Bonchev–Trinajstić information content (AvgIpc) is 2.74. The van der Waals surface area contributed by atoms with Gasteiger partial charge in [0, 0.05) is 11.3 Å². The number of hydrogen-bond acceptors (Lipinski definition) is 4. The summed E-state index contributed by atoms with van der Waals surface area (Å²) in [4.78, 5) is 12.4. The molecule has 144 valence electrons. The van der Waals surface area contributed by atoms with E-state index in [2.05, 4.69) is 5.32 Å². The number of nitrogens with one attached hydrogen (secondary N) is 1. The number of ether oxygens (including phenoxy) is 3. The molecule has 1 N–H and O–H groups in total. The first-order chi connectivity index (χ1) is 13.7. The van der Waals surface area contributed by atoms with Crippen molar-refractivity contribution in [1.82, 2.24) is 0 Å². The van der Waals surface area contributed by atoms with Gasteiger partial charge < -0.3 is 19.5 Å². The van der Waals surface area contributed by atoms with Gasteiger partial charge in [0.2, 0.25) is 5.91 Å². The molecule has 0 aliphatic carbocycles. The second kappa shape index (κ2) is 9.46. The van der Waals surface area contributed by atoms with Crippen LogP contribution in [-0.2, 0) is 17.8 Å². The van der Waals surface area contributed by atoms with E-state index in [1.54, 1.807) is 32.4 Å². The Bertz CT molecular complexity index is 908. The van der Waals surface area contributed by atoms with Crippen LogP contribution >= 0.6 is 0 Å². The summed E-state index contributed by atoms with van der Waals surface area (Å²) in [5.74, 6) is 1.95. The van der Waals surface area contributed by atoms with E-state index in [-0.39, 0.29) is 12.3 Å². The molecule has 0 bridgehead atoms. The largest absolute Gasteiger partial charge is 0.497 e. The quantitative estimate of drug-likeness (QED) is 0.630. The van der Waals surface area contributed by atoms with Crippen LogP contribution in [0, 0.1) is 0 Å². The molecule has 0 fully saturated rings. The van der Waals surface area contributed by atoms with Gasteiger partial charge in [-0.3, -0.25) is 4.79 Å². The highest BCUT2D eigenvalue weighted by Gasteiger charge is 2.11. The van der Waals surface area contributed by atoms with Crippen LogP contribution in [0.3, 0.4) is 0 Å². The van der Waals surface area contributed by atoms with Crippen LogP contribution in [0.2, 0.25) is 0 Å². The summed E-state index contributed by atoms with van der Waals surface area (Å²) in [5.41, 5.74) is 2.58. The van der Waals surface area contributed by atoms with E-state index in [1.807, 2.05) is 54.6 Å². The topological polar surface area (TPSA) is 56.8 Å². The maximum atomic E-state index is 12.4. The lowest BCUT2D eigenvalue weighted by Crippen LogP contribution is -2.15. The Hall–Kier alpha value is -3.47. The van der Waals surface area contributed by atoms with Gasteiger partial charge in [0.15, 0.2) is 0 Å². The molecule has 0 aliphatic rings. The molecule has 0 atom stereocenters. The number of anilines is 1. The van der Waals surface area contributed by atoms with E-state index in [4.69, 9.17) is 14.2 Å². The van der Waals surface area contributed by atoms with Crippen molar-refractivity contribution in [2.75, 3.05) is 19.5 Å². The number of methoxy groups -OCH3 is 2. The highest BCUT2D eigenvalue weighted by Crippen LogP contribution is 2.25. The minimum Gasteiger partial charge on any atom is -0.497 e. The fourth-order valence-electron chi connectivity index (χ4n) is 2.77. The second-order valence-corrected chi connectivity index (χ2v) is 6.20. The third kappa shape index (κ3) is 5.27. The molecule has 0 radical (unpaired) electrons. The molecule has 5 heteroatoms. The zero-order valence-electron chi connectivity index (χ0n) is 16.0. The molecule has 0 saturated heterocycles. The molecule has 3 rings (SSSR count). The number of carbonyl (C=O) groups is 1. The van der Waals surface area contributed by atoms with Crippen molar-refractivity contribution in [3.63, 3.8) is 0 Å². The lowest BCUT2D eigenvalue weighted by molar-refractivity contribution is -0.115. The zero-order chi connectivity index (χ0) is 19.8. The normalized spacial score (nSPS) is 10.2. The predicted molar refractivity (Wildman–Crippen MR) is 109 cm³/mol. The number of carbonyl (C=O) groups excluding carboxylic acids is 1. The summed E-state index contributed by atoms with van der Waals surface area (Å²) in [7, 11) is 3.17. The van der Waals surface area contributed by atoms with Gasteiger partial charge in [-0.05, 0) is 48.0 Å². The van der Waals surface area contributed by atoms with Crippen molar-refractivity contribution in [1.29, 1.82) is 0 Å². The summed E-state index contributed by atoms with van der Waals surface area (Å²) in [6.07, 6.45) is 0.187. The first-order valence-electron chi connectivity index (χ1n) is 8.95. The van der Waals surface area contributed by atoms with E-state index in [0.29, 0.717) is 23.8 Å². The van der Waals surface area contributed by atoms with Crippen molar-refractivity contribution >= 4 is 11.6 Å². The summed E-state index contributed by atoms with van der Waals surface area (Å²) >= 11 is 0. The number of benzene rings is 3. The highest BCUT2D eigenvalue weighted by molar-refractivity contribution is 5.92. The second-order valence-electron chi connectivity index (χ2n) is 6.20. The minimum absolute atomic E-state index is 0.135. The molecule has 0 saturated carbocycles. The lowest BCUT2D eigenvalue weighted by atomic mass is 10.1. The van der Waals surface area contributed by atoms with Crippen molar-refractivity contribution in [3.8, 4) is 17.2 Å². The third-order valence-electron chi connectivity index (χ3n) is 4.22. The molecule has 0 aliphatic heterocycles. The number of amides is 1. The van der Waals surface area contributed by atoms with E-state index >= 15 is 0 Å². The van der Waals surface area contributed by atoms with Gasteiger partial charge in [-0.15, -0.1) is 0 Å². The molecule has 28 heavy (non-hydrogen) atoms. The lowest BCUT2D eigenvalue weighted by Gasteiger charge is -2.11. The van der Waals surface area contributed by atoms with Gasteiger partial charge in [-0.1, -0.05) is 30.3 Å². The SMILES string of the molecule is COc1ccc(OC)c(CC(=O)Nc2ccc(OCc3ccccc3)cc2)c1. The van der Waals surface area contributed by atoms with Crippen LogP contribution in [0.5, 0.6) is 17.2 Å². The van der Waals surface area contributed by atoms with Crippen LogP contribution in [-0.4, -0.2) is 20.1 Å². The van der Waals surface area contributed by atoms with Crippen LogP contribution in [0.15, 0.2) is 72.8 Å². The molecule has 0 spiro atoms. The van der Waals surface area contributed by atoms with Crippen LogP contribution in [0.1, 0.15) is 11.1 Å². The molecule has 0 unspecified atom stereocenters. The molecule has 1 amide bonds.